The molecule has 0 saturated heterocycles. The standard InChI is InChI=1S/C18H20FNO5S/c1-3-20(12-13-4-6-16(23-2)15(19)10-13)26(21,22)14-5-7-17-18(11-14)25-9-8-24-17/h4-7,10-11H,3,8-9,12H2,1-2H3. The van der Waals surface area contributed by atoms with Crippen molar-refractivity contribution in [3.63, 3.8) is 0 Å². The van der Waals surface area contributed by atoms with Gasteiger partial charge in [-0.25, -0.2) is 12.8 Å². The Balaban J connectivity index is 1.87. The van der Waals surface area contributed by atoms with E-state index in [-0.39, 0.29) is 23.7 Å². The first kappa shape index (κ1) is 18.5. The van der Waals surface area contributed by atoms with E-state index in [9.17, 15) is 12.8 Å². The van der Waals surface area contributed by atoms with E-state index in [1.807, 2.05) is 0 Å². The highest BCUT2D eigenvalue weighted by molar-refractivity contribution is 7.89. The van der Waals surface area contributed by atoms with Crippen molar-refractivity contribution in [2.45, 2.75) is 18.4 Å². The summed E-state index contributed by atoms with van der Waals surface area (Å²) in [7, 11) is -2.39. The van der Waals surface area contributed by atoms with E-state index in [1.54, 1.807) is 19.1 Å². The monoisotopic (exact) mass is 381 g/mol. The van der Waals surface area contributed by atoms with Crippen LogP contribution in [0.15, 0.2) is 41.3 Å². The molecule has 0 saturated carbocycles. The average Bonchev–Trinajstić information content (AvgIpc) is 2.65. The summed E-state index contributed by atoms with van der Waals surface area (Å²) in [6.45, 7) is 2.83. The van der Waals surface area contributed by atoms with Crippen LogP contribution in [-0.4, -0.2) is 39.6 Å². The first-order valence-electron chi connectivity index (χ1n) is 8.18. The number of hydrogen-bond donors (Lipinski definition) is 0. The summed E-state index contributed by atoms with van der Waals surface area (Å²) in [4.78, 5) is 0.109. The van der Waals surface area contributed by atoms with Gasteiger partial charge in [-0.1, -0.05) is 13.0 Å². The molecular weight excluding hydrogens is 361 g/mol. The van der Waals surface area contributed by atoms with Gasteiger partial charge in [0.1, 0.15) is 13.2 Å². The summed E-state index contributed by atoms with van der Waals surface area (Å²) in [6, 6.07) is 8.93. The van der Waals surface area contributed by atoms with Crippen molar-refractivity contribution in [3.05, 3.63) is 47.8 Å². The fourth-order valence-electron chi connectivity index (χ4n) is 2.71. The van der Waals surface area contributed by atoms with E-state index in [4.69, 9.17) is 14.2 Å². The van der Waals surface area contributed by atoms with Gasteiger partial charge in [0.2, 0.25) is 10.0 Å². The molecule has 1 aliphatic rings. The normalized spacial score (nSPS) is 13.7. The van der Waals surface area contributed by atoms with E-state index in [0.717, 1.165) is 0 Å². The maximum atomic E-state index is 13.9. The Labute approximate surface area is 152 Å². The minimum absolute atomic E-state index is 0.0498. The lowest BCUT2D eigenvalue weighted by molar-refractivity contribution is 0.171. The maximum Gasteiger partial charge on any atom is 0.243 e. The van der Waals surface area contributed by atoms with Gasteiger partial charge in [-0.3, -0.25) is 0 Å². The molecule has 6 nitrogen and oxygen atoms in total. The summed E-state index contributed by atoms with van der Waals surface area (Å²) >= 11 is 0. The molecule has 1 heterocycles. The van der Waals surface area contributed by atoms with E-state index < -0.39 is 15.8 Å². The molecular formula is C18H20FNO5S. The molecule has 8 heteroatoms. The van der Waals surface area contributed by atoms with Crippen molar-refractivity contribution >= 4 is 10.0 Å². The Kier molecular flexibility index (Phi) is 5.33. The molecule has 0 aliphatic carbocycles. The van der Waals surface area contributed by atoms with Crippen molar-refractivity contribution in [1.82, 2.24) is 4.31 Å². The molecule has 0 fully saturated rings. The van der Waals surface area contributed by atoms with Gasteiger partial charge in [0.05, 0.1) is 12.0 Å². The summed E-state index contributed by atoms with van der Waals surface area (Å²) < 4.78 is 56.9. The molecule has 26 heavy (non-hydrogen) atoms. The van der Waals surface area contributed by atoms with Crippen LogP contribution < -0.4 is 14.2 Å². The van der Waals surface area contributed by atoms with Crippen LogP contribution in [0.25, 0.3) is 0 Å². The highest BCUT2D eigenvalue weighted by atomic mass is 32.2. The molecule has 2 aromatic rings. The van der Waals surface area contributed by atoms with Gasteiger partial charge in [0, 0.05) is 19.2 Å². The molecule has 0 spiro atoms. The largest absolute Gasteiger partial charge is 0.494 e. The summed E-state index contributed by atoms with van der Waals surface area (Å²) in [5.74, 6) is 0.517. The van der Waals surface area contributed by atoms with Crippen molar-refractivity contribution in [1.29, 1.82) is 0 Å². The lowest BCUT2D eigenvalue weighted by Gasteiger charge is -2.23. The second-order valence-corrected chi connectivity index (χ2v) is 7.64. The Morgan fingerprint density at radius 2 is 1.85 bits per heavy atom. The first-order chi connectivity index (χ1) is 12.5. The predicted molar refractivity (Wildman–Crippen MR) is 93.7 cm³/mol. The number of hydrogen-bond acceptors (Lipinski definition) is 5. The van der Waals surface area contributed by atoms with Crippen LogP contribution >= 0.6 is 0 Å². The summed E-state index contributed by atoms with van der Waals surface area (Å²) in [6.07, 6.45) is 0. The summed E-state index contributed by atoms with van der Waals surface area (Å²) in [5, 5.41) is 0. The number of methoxy groups -OCH3 is 1. The van der Waals surface area contributed by atoms with Crippen molar-refractivity contribution in [3.8, 4) is 17.2 Å². The number of benzene rings is 2. The smallest absolute Gasteiger partial charge is 0.243 e. The van der Waals surface area contributed by atoms with Crippen LogP contribution in [0.1, 0.15) is 12.5 Å². The van der Waals surface area contributed by atoms with Gasteiger partial charge in [-0.05, 0) is 29.8 Å². The van der Waals surface area contributed by atoms with Crippen molar-refractivity contribution in [2.75, 3.05) is 26.9 Å². The topological polar surface area (TPSA) is 65.1 Å². The number of nitrogens with zero attached hydrogens (tertiary/aromatic N) is 1. The van der Waals surface area contributed by atoms with Gasteiger partial charge in [-0.15, -0.1) is 0 Å². The molecule has 0 amide bonds. The number of sulfonamides is 1. The predicted octanol–water partition coefficient (Wildman–Crippen LogP) is 2.82. The van der Waals surface area contributed by atoms with Crippen LogP contribution in [0.3, 0.4) is 0 Å². The minimum atomic E-state index is -3.77. The van der Waals surface area contributed by atoms with Crippen LogP contribution in [0.5, 0.6) is 17.2 Å². The lowest BCUT2D eigenvalue weighted by Crippen LogP contribution is -2.30. The molecule has 0 radical (unpaired) electrons. The second-order valence-electron chi connectivity index (χ2n) is 5.71. The number of fused-ring (bicyclic) bond motifs is 1. The third kappa shape index (κ3) is 3.61. The zero-order valence-corrected chi connectivity index (χ0v) is 15.4. The molecule has 2 aromatic carbocycles. The second kappa shape index (κ2) is 7.51. The number of ether oxygens (including phenoxy) is 3. The third-order valence-corrected chi connectivity index (χ3v) is 6.00. The zero-order chi connectivity index (χ0) is 18.7. The minimum Gasteiger partial charge on any atom is -0.494 e. The van der Waals surface area contributed by atoms with E-state index in [0.29, 0.717) is 30.3 Å². The molecule has 0 bridgehead atoms. The number of halogens is 1. The highest BCUT2D eigenvalue weighted by Gasteiger charge is 2.26. The Morgan fingerprint density at radius 1 is 1.12 bits per heavy atom. The molecule has 0 unspecified atom stereocenters. The zero-order valence-electron chi connectivity index (χ0n) is 14.6. The van der Waals surface area contributed by atoms with E-state index in [2.05, 4.69) is 0 Å². The summed E-state index contributed by atoms with van der Waals surface area (Å²) in [5.41, 5.74) is 0.534. The van der Waals surface area contributed by atoms with Gasteiger partial charge in [0.15, 0.2) is 23.1 Å². The molecule has 0 N–H and O–H groups in total. The van der Waals surface area contributed by atoms with Crippen LogP contribution in [0, 0.1) is 5.82 Å². The molecule has 140 valence electrons. The Bertz CT molecular complexity index is 900. The van der Waals surface area contributed by atoms with Gasteiger partial charge < -0.3 is 14.2 Å². The molecule has 0 atom stereocenters. The SMILES string of the molecule is CCN(Cc1ccc(OC)c(F)c1)S(=O)(=O)c1ccc2c(c1)OCCO2. The van der Waals surface area contributed by atoms with E-state index in [1.165, 1.54) is 35.7 Å². The van der Waals surface area contributed by atoms with Crippen LogP contribution in [-0.2, 0) is 16.6 Å². The van der Waals surface area contributed by atoms with Gasteiger partial charge in [-0.2, -0.15) is 4.31 Å². The maximum absolute atomic E-state index is 13.9. The Hall–Kier alpha value is -2.32. The van der Waals surface area contributed by atoms with Crippen molar-refractivity contribution < 1.29 is 27.0 Å². The molecule has 3 rings (SSSR count). The Morgan fingerprint density at radius 3 is 2.50 bits per heavy atom. The molecule has 1 aliphatic heterocycles. The fraction of sp³-hybridized carbons (Fsp3) is 0.333. The van der Waals surface area contributed by atoms with E-state index >= 15 is 0 Å². The number of rotatable bonds is 6. The first-order valence-corrected chi connectivity index (χ1v) is 9.62. The van der Waals surface area contributed by atoms with Crippen LogP contribution in [0.4, 0.5) is 4.39 Å². The van der Waals surface area contributed by atoms with Gasteiger partial charge in [0.25, 0.3) is 0 Å². The lowest BCUT2D eigenvalue weighted by atomic mass is 10.2. The van der Waals surface area contributed by atoms with Crippen LogP contribution in [0.2, 0.25) is 0 Å². The van der Waals surface area contributed by atoms with Crippen molar-refractivity contribution in [2.24, 2.45) is 0 Å². The quantitative estimate of drug-likeness (QED) is 0.770. The van der Waals surface area contributed by atoms with Gasteiger partial charge >= 0.3 is 0 Å². The fourth-order valence-corrected chi connectivity index (χ4v) is 4.16. The average molecular weight is 381 g/mol. The highest BCUT2D eigenvalue weighted by Crippen LogP contribution is 2.33. The molecule has 0 aromatic heterocycles. The third-order valence-electron chi connectivity index (χ3n) is 4.08.